The summed E-state index contributed by atoms with van der Waals surface area (Å²) in [6.07, 6.45) is 5.80. The van der Waals surface area contributed by atoms with Gasteiger partial charge in [0.1, 0.15) is 0 Å². The molecule has 4 heteroatoms. The lowest BCUT2D eigenvalue weighted by molar-refractivity contribution is -0.133. The first-order chi connectivity index (χ1) is 9.62. The molecule has 3 unspecified atom stereocenters. The minimum Gasteiger partial charge on any atom is -0.393 e. The first-order valence-electron chi connectivity index (χ1n) is 8.31. The normalized spacial score (nSPS) is 28.4. The Hall–Kier alpha value is -0.610. The predicted octanol–water partition coefficient (Wildman–Crippen LogP) is 1.77. The summed E-state index contributed by atoms with van der Waals surface area (Å²) < 4.78 is 0. The van der Waals surface area contributed by atoms with Gasteiger partial charge in [-0.15, -0.1) is 0 Å². The smallest absolute Gasteiger partial charge is 0.222 e. The van der Waals surface area contributed by atoms with Crippen LogP contribution in [0.25, 0.3) is 0 Å². The summed E-state index contributed by atoms with van der Waals surface area (Å²) in [7, 11) is 0. The van der Waals surface area contributed by atoms with E-state index in [0.29, 0.717) is 18.4 Å². The van der Waals surface area contributed by atoms with E-state index in [2.05, 4.69) is 5.32 Å². The van der Waals surface area contributed by atoms with Gasteiger partial charge in [-0.05, 0) is 50.5 Å². The summed E-state index contributed by atoms with van der Waals surface area (Å²) >= 11 is 0. The van der Waals surface area contributed by atoms with Crippen molar-refractivity contribution >= 4 is 5.91 Å². The van der Waals surface area contributed by atoms with Gasteiger partial charge in [-0.3, -0.25) is 4.79 Å². The van der Waals surface area contributed by atoms with Gasteiger partial charge >= 0.3 is 0 Å². The Morgan fingerprint density at radius 3 is 2.65 bits per heavy atom. The van der Waals surface area contributed by atoms with Gasteiger partial charge < -0.3 is 15.3 Å². The molecule has 0 aromatic rings. The van der Waals surface area contributed by atoms with Gasteiger partial charge in [0.05, 0.1) is 6.10 Å². The van der Waals surface area contributed by atoms with E-state index in [9.17, 15) is 9.90 Å². The van der Waals surface area contributed by atoms with Crippen molar-refractivity contribution in [3.63, 3.8) is 0 Å². The molecule has 1 saturated heterocycles. The first-order valence-corrected chi connectivity index (χ1v) is 8.31. The lowest BCUT2D eigenvalue weighted by Crippen LogP contribution is -2.52. The van der Waals surface area contributed by atoms with Gasteiger partial charge in [-0.1, -0.05) is 13.8 Å². The number of piperidine rings is 1. The highest BCUT2D eigenvalue weighted by molar-refractivity contribution is 5.76. The van der Waals surface area contributed by atoms with E-state index in [0.717, 1.165) is 44.8 Å². The second kappa shape index (κ2) is 7.41. The number of hydrogen-bond acceptors (Lipinski definition) is 3. The number of aliphatic hydroxyl groups excluding tert-OH is 1. The highest BCUT2D eigenvalue weighted by atomic mass is 16.3. The van der Waals surface area contributed by atoms with Crippen LogP contribution in [0.2, 0.25) is 0 Å². The van der Waals surface area contributed by atoms with E-state index in [1.807, 2.05) is 18.7 Å². The van der Waals surface area contributed by atoms with Crippen LogP contribution in [-0.2, 0) is 4.79 Å². The molecular formula is C16H30N2O2. The molecule has 1 aliphatic heterocycles. The highest BCUT2D eigenvalue weighted by Gasteiger charge is 2.31. The van der Waals surface area contributed by atoms with Crippen LogP contribution in [0.1, 0.15) is 52.4 Å². The summed E-state index contributed by atoms with van der Waals surface area (Å²) in [5.41, 5.74) is 0. The van der Waals surface area contributed by atoms with Crippen LogP contribution in [0, 0.1) is 11.8 Å². The number of nitrogens with one attached hydrogen (secondary N) is 1. The average molecular weight is 282 g/mol. The molecule has 0 aromatic carbocycles. The summed E-state index contributed by atoms with van der Waals surface area (Å²) in [6, 6.07) is 0.411. The number of carbonyl (C=O) groups is 1. The molecule has 0 aromatic heterocycles. The second-order valence-electron chi connectivity index (χ2n) is 6.60. The van der Waals surface area contributed by atoms with E-state index in [4.69, 9.17) is 0 Å². The highest BCUT2D eigenvalue weighted by Crippen LogP contribution is 2.29. The zero-order valence-corrected chi connectivity index (χ0v) is 13.0. The van der Waals surface area contributed by atoms with Crippen molar-refractivity contribution in [1.29, 1.82) is 0 Å². The maximum absolute atomic E-state index is 12.0. The molecule has 3 atom stereocenters. The van der Waals surface area contributed by atoms with Crippen molar-refractivity contribution in [1.82, 2.24) is 10.2 Å². The van der Waals surface area contributed by atoms with E-state index < -0.39 is 0 Å². The number of aliphatic hydroxyl groups is 1. The van der Waals surface area contributed by atoms with Gasteiger partial charge in [0.25, 0.3) is 0 Å². The average Bonchev–Trinajstić information content (AvgIpc) is 3.28. The van der Waals surface area contributed by atoms with Gasteiger partial charge in [0, 0.05) is 25.6 Å². The molecular weight excluding hydrogens is 252 g/mol. The standard InChI is InChI=1S/C16H30N2O2/c1-3-15(19)8-13-7-14(17-9-12-5-6-12)11-18(10-13)16(20)4-2/h12-15,17,19H,3-11H2,1-2H3. The summed E-state index contributed by atoms with van der Waals surface area (Å²) in [6.45, 7) is 6.72. The monoisotopic (exact) mass is 282 g/mol. The molecule has 2 fully saturated rings. The number of likely N-dealkylation sites (tertiary alicyclic amines) is 1. The largest absolute Gasteiger partial charge is 0.393 e. The fourth-order valence-electron chi connectivity index (χ4n) is 3.16. The maximum atomic E-state index is 12.0. The van der Waals surface area contributed by atoms with Crippen LogP contribution in [-0.4, -0.2) is 47.7 Å². The Labute approximate surface area is 122 Å². The number of carbonyl (C=O) groups excluding carboxylic acids is 1. The van der Waals surface area contributed by atoms with Gasteiger partial charge in [0.15, 0.2) is 0 Å². The van der Waals surface area contributed by atoms with E-state index in [-0.39, 0.29) is 12.0 Å². The Kier molecular flexibility index (Phi) is 5.85. The Morgan fingerprint density at radius 1 is 1.30 bits per heavy atom. The molecule has 1 amide bonds. The summed E-state index contributed by atoms with van der Waals surface area (Å²) in [4.78, 5) is 14.0. The molecule has 2 N–H and O–H groups in total. The van der Waals surface area contributed by atoms with Crippen LogP contribution in [0.3, 0.4) is 0 Å². The molecule has 0 spiro atoms. The number of rotatable bonds is 7. The minimum absolute atomic E-state index is 0.222. The first kappa shape index (κ1) is 15.8. The molecule has 2 rings (SSSR count). The van der Waals surface area contributed by atoms with Crippen LogP contribution >= 0.6 is 0 Å². The summed E-state index contributed by atoms with van der Waals surface area (Å²) in [5.74, 6) is 1.55. The van der Waals surface area contributed by atoms with Crippen LogP contribution in [0.15, 0.2) is 0 Å². The van der Waals surface area contributed by atoms with Crippen molar-refractivity contribution in [2.75, 3.05) is 19.6 Å². The van der Waals surface area contributed by atoms with Crippen molar-refractivity contribution in [2.24, 2.45) is 11.8 Å². The SMILES string of the molecule is CCC(=O)N1CC(CC(O)CC)CC(NCC2CC2)C1. The minimum atomic E-state index is -0.222. The zero-order valence-electron chi connectivity index (χ0n) is 13.0. The molecule has 1 heterocycles. The van der Waals surface area contributed by atoms with Crippen molar-refractivity contribution in [3.8, 4) is 0 Å². The van der Waals surface area contributed by atoms with Crippen LogP contribution in [0.4, 0.5) is 0 Å². The van der Waals surface area contributed by atoms with Crippen molar-refractivity contribution < 1.29 is 9.90 Å². The Bertz CT molecular complexity index is 318. The molecule has 0 radical (unpaired) electrons. The third kappa shape index (κ3) is 4.74. The Balaban J connectivity index is 1.88. The number of hydrogen-bond donors (Lipinski definition) is 2. The fraction of sp³-hybridized carbons (Fsp3) is 0.938. The molecule has 20 heavy (non-hydrogen) atoms. The van der Waals surface area contributed by atoms with Crippen molar-refractivity contribution in [2.45, 2.75) is 64.5 Å². The van der Waals surface area contributed by atoms with Gasteiger partial charge in [-0.25, -0.2) is 0 Å². The second-order valence-corrected chi connectivity index (χ2v) is 6.60. The Morgan fingerprint density at radius 2 is 2.05 bits per heavy atom. The fourth-order valence-corrected chi connectivity index (χ4v) is 3.16. The summed E-state index contributed by atoms with van der Waals surface area (Å²) in [5, 5.41) is 13.5. The third-order valence-electron chi connectivity index (χ3n) is 4.66. The number of amides is 1. The third-order valence-corrected chi connectivity index (χ3v) is 4.66. The lowest BCUT2D eigenvalue weighted by Gasteiger charge is -2.39. The lowest BCUT2D eigenvalue weighted by atomic mass is 9.88. The molecule has 0 bridgehead atoms. The van der Waals surface area contributed by atoms with E-state index in [1.54, 1.807) is 0 Å². The van der Waals surface area contributed by atoms with E-state index >= 15 is 0 Å². The molecule has 1 aliphatic carbocycles. The molecule has 4 nitrogen and oxygen atoms in total. The molecule has 116 valence electrons. The topological polar surface area (TPSA) is 52.6 Å². The van der Waals surface area contributed by atoms with E-state index in [1.165, 1.54) is 12.8 Å². The molecule has 2 aliphatic rings. The predicted molar refractivity (Wildman–Crippen MR) is 80.4 cm³/mol. The van der Waals surface area contributed by atoms with Crippen LogP contribution < -0.4 is 5.32 Å². The van der Waals surface area contributed by atoms with Gasteiger partial charge in [-0.2, -0.15) is 0 Å². The molecule has 1 saturated carbocycles. The maximum Gasteiger partial charge on any atom is 0.222 e. The zero-order chi connectivity index (χ0) is 14.5. The van der Waals surface area contributed by atoms with Gasteiger partial charge in [0.2, 0.25) is 5.91 Å². The quantitative estimate of drug-likeness (QED) is 0.748. The van der Waals surface area contributed by atoms with Crippen LogP contribution in [0.5, 0.6) is 0 Å². The van der Waals surface area contributed by atoms with Crippen molar-refractivity contribution in [3.05, 3.63) is 0 Å². The number of nitrogens with zero attached hydrogens (tertiary/aromatic N) is 1.